The first kappa shape index (κ1) is 8.94. The van der Waals surface area contributed by atoms with E-state index in [1.807, 2.05) is 12.1 Å². The maximum Gasteiger partial charge on any atom is 0.0608 e. The van der Waals surface area contributed by atoms with Crippen LogP contribution in [0.3, 0.4) is 0 Å². The van der Waals surface area contributed by atoms with Crippen LogP contribution in [0.4, 0.5) is 5.69 Å². The summed E-state index contributed by atoms with van der Waals surface area (Å²) in [6.45, 7) is 0. The van der Waals surface area contributed by atoms with Crippen LogP contribution < -0.4 is 5.32 Å². The largest absolute Gasteiger partial charge is 0.376 e. The van der Waals surface area contributed by atoms with Gasteiger partial charge in [-0.3, -0.25) is 0 Å². The second kappa shape index (κ2) is 4.67. The van der Waals surface area contributed by atoms with Gasteiger partial charge in [-0.15, -0.1) is 11.8 Å². The van der Waals surface area contributed by atoms with E-state index in [1.165, 1.54) is 5.69 Å². The molecule has 0 aliphatic heterocycles. The van der Waals surface area contributed by atoms with Crippen LogP contribution in [0.2, 0.25) is 0 Å². The van der Waals surface area contributed by atoms with E-state index >= 15 is 0 Å². The van der Waals surface area contributed by atoms with Crippen molar-refractivity contribution in [3.8, 4) is 0 Å². The minimum Gasteiger partial charge on any atom is -0.376 e. The van der Waals surface area contributed by atoms with Crippen LogP contribution in [0.25, 0.3) is 0 Å². The number of thioether (sulfide) groups is 1. The molecular weight excluding hydrogens is 222 g/mol. The fourth-order valence-corrected chi connectivity index (χ4v) is 1.30. The highest BCUT2D eigenvalue weighted by Crippen LogP contribution is 2.14. The summed E-state index contributed by atoms with van der Waals surface area (Å²) in [5.41, 5.74) is 1.17. The molecule has 0 saturated carbocycles. The Hall–Kier alpha value is -0.150. The van der Waals surface area contributed by atoms with Crippen LogP contribution in [0, 0.1) is 0 Å². The number of rotatable bonds is 3. The predicted octanol–water partition coefficient (Wildman–Crippen LogP) is 3.18. The first-order valence-electron chi connectivity index (χ1n) is 3.31. The van der Waals surface area contributed by atoms with Gasteiger partial charge in [-0.2, -0.15) is 0 Å². The van der Waals surface area contributed by atoms with E-state index in [9.17, 15) is 0 Å². The van der Waals surface area contributed by atoms with E-state index in [4.69, 9.17) is 0 Å². The molecule has 0 heterocycles. The second-order valence-corrected chi connectivity index (χ2v) is 3.90. The first-order valence-corrected chi connectivity index (χ1v) is 5.50. The van der Waals surface area contributed by atoms with Crippen molar-refractivity contribution in [1.82, 2.24) is 0 Å². The number of hydrogen-bond donors (Lipinski definition) is 1. The third-order valence-corrected chi connectivity index (χ3v) is 2.23. The van der Waals surface area contributed by atoms with Crippen LogP contribution in [0.5, 0.6) is 0 Å². The quantitative estimate of drug-likeness (QED) is 0.803. The summed E-state index contributed by atoms with van der Waals surface area (Å²) in [4.78, 5) is 0. The number of benzene rings is 1. The number of nitrogens with one attached hydrogen (secondary N) is 1. The minimum absolute atomic E-state index is 0.960. The van der Waals surface area contributed by atoms with Crippen molar-refractivity contribution >= 4 is 33.4 Å². The zero-order valence-corrected chi connectivity index (χ0v) is 8.71. The van der Waals surface area contributed by atoms with Gasteiger partial charge in [-0.05, 0) is 30.5 Å². The van der Waals surface area contributed by atoms with Crippen LogP contribution >= 0.6 is 27.7 Å². The Balaban J connectivity index is 2.52. The highest BCUT2D eigenvalue weighted by Gasteiger charge is 1.88. The summed E-state index contributed by atoms with van der Waals surface area (Å²) < 4.78 is 1.12. The smallest absolute Gasteiger partial charge is 0.0608 e. The molecule has 0 bridgehead atoms. The molecule has 1 aromatic rings. The minimum atomic E-state index is 0.960. The highest BCUT2D eigenvalue weighted by molar-refractivity contribution is 9.10. The van der Waals surface area contributed by atoms with Gasteiger partial charge in [0, 0.05) is 10.2 Å². The van der Waals surface area contributed by atoms with E-state index < -0.39 is 0 Å². The van der Waals surface area contributed by atoms with Crippen molar-refractivity contribution in [1.29, 1.82) is 0 Å². The van der Waals surface area contributed by atoms with Gasteiger partial charge >= 0.3 is 0 Å². The van der Waals surface area contributed by atoms with E-state index in [1.54, 1.807) is 11.8 Å². The fourth-order valence-electron chi connectivity index (χ4n) is 0.723. The molecule has 0 aliphatic rings. The molecule has 0 saturated heterocycles. The van der Waals surface area contributed by atoms with Crippen molar-refractivity contribution in [3.63, 3.8) is 0 Å². The zero-order chi connectivity index (χ0) is 8.10. The lowest BCUT2D eigenvalue weighted by molar-refractivity contribution is 1.46. The van der Waals surface area contributed by atoms with Crippen molar-refractivity contribution in [2.45, 2.75) is 0 Å². The molecule has 0 fully saturated rings. The Morgan fingerprint density at radius 3 is 2.55 bits per heavy atom. The van der Waals surface area contributed by atoms with Gasteiger partial charge < -0.3 is 5.32 Å². The summed E-state index contributed by atoms with van der Waals surface area (Å²) >= 11 is 5.16. The molecule has 1 rings (SSSR count). The third kappa shape index (κ3) is 3.16. The molecule has 1 aromatic carbocycles. The van der Waals surface area contributed by atoms with E-state index in [-0.39, 0.29) is 0 Å². The third-order valence-electron chi connectivity index (χ3n) is 1.26. The summed E-state index contributed by atoms with van der Waals surface area (Å²) in [5.74, 6) is 0.960. The summed E-state index contributed by atoms with van der Waals surface area (Å²) in [5, 5.41) is 3.26. The molecule has 1 nitrogen and oxygen atoms in total. The van der Waals surface area contributed by atoms with Gasteiger partial charge in [0.2, 0.25) is 0 Å². The predicted molar refractivity (Wildman–Crippen MR) is 56.1 cm³/mol. The van der Waals surface area contributed by atoms with E-state index in [0.717, 1.165) is 10.3 Å². The van der Waals surface area contributed by atoms with Crippen molar-refractivity contribution in [2.75, 3.05) is 17.4 Å². The molecule has 0 aromatic heterocycles. The van der Waals surface area contributed by atoms with Crippen LogP contribution in [-0.2, 0) is 0 Å². The fraction of sp³-hybridized carbons (Fsp3) is 0.250. The molecule has 11 heavy (non-hydrogen) atoms. The SMILES string of the molecule is CSCNc1ccc(Br)cc1. The molecule has 0 unspecified atom stereocenters. The van der Waals surface area contributed by atoms with Crippen molar-refractivity contribution < 1.29 is 0 Å². The second-order valence-electron chi connectivity index (χ2n) is 2.12. The highest BCUT2D eigenvalue weighted by atomic mass is 79.9. The molecule has 0 spiro atoms. The molecule has 0 radical (unpaired) electrons. The normalized spacial score (nSPS) is 9.64. The topological polar surface area (TPSA) is 12.0 Å². The summed E-state index contributed by atoms with van der Waals surface area (Å²) in [6.07, 6.45) is 2.08. The molecule has 0 aliphatic carbocycles. The molecule has 3 heteroatoms. The standard InChI is InChI=1S/C8H10BrNS/c1-11-6-10-8-4-2-7(9)3-5-8/h2-5,10H,6H2,1H3. The maximum atomic E-state index is 3.38. The average molecular weight is 232 g/mol. The molecular formula is C8H10BrNS. The van der Waals surface area contributed by atoms with Gasteiger partial charge in [0.25, 0.3) is 0 Å². The molecule has 0 amide bonds. The Labute approximate surface area is 79.7 Å². The van der Waals surface area contributed by atoms with Crippen molar-refractivity contribution in [2.24, 2.45) is 0 Å². The van der Waals surface area contributed by atoms with Gasteiger partial charge in [-0.1, -0.05) is 15.9 Å². The van der Waals surface area contributed by atoms with Crippen LogP contribution in [0.15, 0.2) is 28.7 Å². The zero-order valence-electron chi connectivity index (χ0n) is 6.30. The monoisotopic (exact) mass is 231 g/mol. The lowest BCUT2D eigenvalue weighted by Gasteiger charge is -2.02. The number of halogens is 1. The lowest BCUT2D eigenvalue weighted by atomic mass is 10.3. The van der Waals surface area contributed by atoms with Crippen LogP contribution in [-0.4, -0.2) is 12.1 Å². The number of anilines is 1. The van der Waals surface area contributed by atoms with E-state index in [0.29, 0.717) is 0 Å². The summed E-state index contributed by atoms with van der Waals surface area (Å²) in [7, 11) is 0. The van der Waals surface area contributed by atoms with Gasteiger partial charge in [0.15, 0.2) is 0 Å². The molecule has 1 N–H and O–H groups in total. The summed E-state index contributed by atoms with van der Waals surface area (Å²) in [6, 6.07) is 8.17. The van der Waals surface area contributed by atoms with Gasteiger partial charge in [0.05, 0.1) is 5.88 Å². The molecule has 0 atom stereocenters. The lowest BCUT2D eigenvalue weighted by Crippen LogP contribution is -1.95. The van der Waals surface area contributed by atoms with E-state index in [2.05, 4.69) is 39.6 Å². The molecule has 60 valence electrons. The number of hydrogen-bond acceptors (Lipinski definition) is 2. The maximum absolute atomic E-state index is 3.38. The Bertz CT molecular complexity index is 210. The first-order chi connectivity index (χ1) is 5.33. The average Bonchev–Trinajstić information content (AvgIpc) is 2.04. The van der Waals surface area contributed by atoms with Crippen LogP contribution in [0.1, 0.15) is 0 Å². The Kier molecular flexibility index (Phi) is 3.80. The van der Waals surface area contributed by atoms with Crippen molar-refractivity contribution in [3.05, 3.63) is 28.7 Å². The Morgan fingerprint density at radius 2 is 2.00 bits per heavy atom. The van der Waals surface area contributed by atoms with Gasteiger partial charge in [0.1, 0.15) is 0 Å². The Morgan fingerprint density at radius 1 is 1.36 bits per heavy atom. The van der Waals surface area contributed by atoms with Gasteiger partial charge in [-0.25, -0.2) is 0 Å².